The van der Waals surface area contributed by atoms with Crippen LogP contribution in [0.3, 0.4) is 0 Å². The summed E-state index contributed by atoms with van der Waals surface area (Å²) in [6, 6.07) is 8.23. The highest BCUT2D eigenvalue weighted by molar-refractivity contribution is 9.10. The highest BCUT2D eigenvalue weighted by Gasteiger charge is 2.14. The predicted octanol–water partition coefficient (Wildman–Crippen LogP) is 3.79. The van der Waals surface area contributed by atoms with Crippen LogP contribution in [-0.2, 0) is 4.74 Å². The molecule has 0 amide bonds. The fourth-order valence-electron chi connectivity index (χ4n) is 1.66. The average molecular weight is 339 g/mol. The van der Waals surface area contributed by atoms with Gasteiger partial charge in [0.1, 0.15) is 6.26 Å². The van der Waals surface area contributed by atoms with Gasteiger partial charge in [-0.25, -0.2) is 4.79 Å². The van der Waals surface area contributed by atoms with Gasteiger partial charge >= 0.3 is 5.97 Å². The zero-order valence-corrected chi connectivity index (χ0v) is 12.8. The van der Waals surface area contributed by atoms with Crippen molar-refractivity contribution < 1.29 is 13.9 Å². The van der Waals surface area contributed by atoms with Crippen LogP contribution < -0.4 is 5.32 Å². The molecule has 0 aliphatic carbocycles. The van der Waals surface area contributed by atoms with Gasteiger partial charge in [0.2, 0.25) is 0 Å². The third-order valence-corrected chi connectivity index (χ3v) is 3.23. The number of nitrogens with one attached hydrogen (secondary N) is 1. The molecule has 2 rings (SSSR count). The molecule has 1 heterocycles. The normalized spacial score (nSPS) is 11.9. The Morgan fingerprint density at radius 1 is 1.45 bits per heavy atom. The number of benzene rings is 1. The van der Waals surface area contributed by atoms with Crippen molar-refractivity contribution >= 4 is 27.9 Å². The molecule has 0 radical (unpaired) electrons. The first-order valence-corrected chi connectivity index (χ1v) is 7.04. The fraction of sp³-hybridized carbons (Fsp3) is 0.286. The summed E-state index contributed by atoms with van der Waals surface area (Å²) in [6.45, 7) is 4.04. The van der Waals surface area contributed by atoms with E-state index in [0.29, 0.717) is 12.6 Å². The molecule has 5 nitrogen and oxygen atoms in total. The first kappa shape index (κ1) is 14.6. The summed E-state index contributed by atoms with van der Waals surface area (Å²) in [5.41, 5.74) is 1.25. The van der Waals surface area contributed by atoms with Gasteiger partial charge < -0.3 is 14.5 Å². The molecule has 0 saturated heterocycles. The Morgan fingerprint density at radius 2 is 2.15 bits per heavy atom. The van der Waals surface area contributed by atoms with Crippen LogP contribution in [0.15, 0.2) is 39.4 Å². The number of hydrogen-bond acceptors (Lipinski definition) is 5. The molecule has 1 aromatic carbocycles. The summed E-state index contributed by atoms with van der Waals surface area (Å²) < 4.78 is 11.1. The van der Waals surface area contributed by atoms with Gasteiger partial charge in [-0.15, -0.1) is 0 Å². The Balaban J connectivity index is 2.03. The molecule has 0 fully saturated rings. The van der Waals surface area contributed by atoms with Crippen molar-refractivity contribution in [3.8, 4) is 0 Å². The van der Waals surface area contributed by atoms with Crippen LogP contribution in [0.1, 0.15) is 35.9 Å². The molecule has 20 heavy (non-hydrogen) atoms. The molecule has 0 bridgehead atoms. The standard InChI is InChI=1S/C14H15BrN2O3/c1-3-19-13(18)12-8-20-14(17-12)16-9(2)10-4-6-11(15)7-5-10/h4-9H,3H2,1-2H3,(H,16,17). The maximum Gasteiger partial charge on any atom is 0.360 e. The summed E-state index contributed by atoms with van der Waals surface area (Å²) in [5, 5.41) is 3.09. The largest absolute Gasteiger partial charge is 0.461 e. The number of nitrogens with zero attached hydrogens (tertiary/aromatic N) is 1. The van der Waals surface area contributed by atoms with Gasteiger partial charge in [-0.2, -0.15) is 4.98 Å². The number of carbonyl (C=O) groups excluding carboxylic acids is 1. The molecule has 0 saturated carbocycles. The third kappa shape index (κ3) is 3.60. The lowest BCUT2D eigenvalue weighted by Crippen LogP contribution is -2.08. The van der Waals surface area contributed by atoms with Crippen LogP contribution in [0.5, 0.6) is 0 Å². The number of anilines is 1. The van der Waals surface area contributed by atoms with Crippen LogP contribution in [0, 0.1) is 0 Å². The predicted molar refractivity (Wildman–Crippen MR) is 78.6 cm³/mol. The first-order chi connectivity index (χ1) is 9.60. The minimum absolute atomic E-state index is 0.0109. The zero-order valence-electron chi connectivity index (χ0n) is 11.2. The van der Waals surface area contributed by atoms with Crippen LogP contribution in [0.2, 0.25) is 0 Å². The van der Waals surface area contributed by atoms with Crippen molar-refractivity contribution in [2.24, 2.45) is 0 Å². The number of hydrogen-bond donors (Lipinski definition) is 1. The van der Waals surface area contributed by atoms with Gasteiger partial charge in [0.05, 0.1) is 12.6 Å². The van der Waals surface area contributed by atoms with E-state index in [1.165, 1.54) is 6.26 Å². The van der Waals surface area contributed by atoms with Crippen LogP contribution >= 0.6 is 15.9 Å². The second-order valence-corrected chi connectivity index (χ2v) is 5.09. The van der Waals surface area contributed by atoms with Gasteiger partial charge in [0, 0.05) is 4.47 Å². The fourth-order valence-corrected chi connectivity index (χ4v) is 1.92. The van der Waals surface area contributed by atoms with E-state index in [0.717, 1.165) is 10.0 Å². The minimum atomic E-state index is -0.486. The topological polar surface area (TPSA) is 64.4 Å². The van der Waals surface area contributed by atoms with Gasteiger partial charge in [-0.1, -0.05) is 28.1 Å². The SMILES string of the molecule is CCOC(=O)c1coc(NC(C)c2ccc(Br)cc2)n1. The molecule has 1 atom stereocenters. The van der Waals surface area contributed by atoms with E-state index < -0.39 is 5.97 Å². The summed E-state index contributed by atoms with van der Waals surface area (Å²) in [4.78, 5) is 15.5. The number of oxazole rings is 1. The highest BCUT2D eigenvalue weighted by Crippen LogP contribution is 2.20. The Labute approximate surface area is 125 Å². The number of carbonyl (C=O) groups is 1. The first-order valence-electron chi connectivity index (χ1n) is 6.24. The molecule has 0 aliphatic rings. The highest BCUT2D eigenvalue weighted by atomic mass is 79.9. The van der Waals surface area contributed by atoms with E-state index in [1.54, 1.807) is 6.92 Å². The van der Waals surface area contributed by atoms with E-state index >= 15 is 0 Å². The average Bonchev–Trinajstić information content (AvgIpc) is 2.88. The molecule has 1 unspecified atom stereocenters. The molecule has 2 aromatic rings. The molecule has 1 N–H and O–H groups in total. The Hall–Kier alpha value is -1.82. The van der Waals surface area contributed by atoms with Gasteiger partial charge in [-0.3, -0.25) is 0 Å². The molecule has 0 aliphatic heterocycles. The van der Waals surface area contributed by atoms with Crippen molar-refractivity contribution in [2.75, 3.05) is 11.9 Å². The number of esters is 1. The summed E-state index contributed by atoms with van der Waals surface area (Å²) in [5.74, 6) is -0.486. The lowest BCUT2D eigenvalue weighted by molar-refractivity contribution is 0.0519. The molecule has 6 heteroatoms. The van der Waals surface area contributed by atoms with E-state index in [9.17, 15) is 4.79 Å². The maximum absolute atomic E-state index is 11.5. The van der Waals surface area contributed by atoms with Gasteiger partial charge in [-0.05, 0) is 31.5 Å². The molecule has 106 valence electrons. The van der Waals surface area contributed by atoms with E-state index in [4.69, 9.17) is 9.15 Å². The molecule has 0 spiro atoms. The van der Waals surface area contributed by atoms with Crippen molar-refractivity contribution in [2.45, 2.75) is 19.9 Å². The summed E-state index contributed by atoms with van der Waals surface area (Å²) in [6.07, 6.45) is 1.29. The third-order valence-electron chi connectivity index (χ3n) is 2.70. The monoisotopic (exact) mass is 338 g/mol. The quantitative estimate of drug-likeness (QED) is 0.840. The van der Waals surface area contributed by atoms with E-state index in [-0.39, 0.29) is 11.7 Å². The van der Waals surface area contributed by atoms with Gasteiger partial charge in [0.15, 0.2) is 5.69 Å². The second-order valence-electron chi connectivity index (χ2n) is 4.18. The van der Waals surface area contributed by atoms with Crippen molar-refractivity contribution in [1.29, 1.82) is 0 Å². The number of rotatable bonds is 5. The van der Waals surface area contributed by atoms with Crippen LogP contribution in [0.4, 0.5) is 6.01 Å². The Kier molecular flexibility index (Phi) is 4.79. The van der Waals surface area contributed by atoms with Crippen LogP contribution in [0.25, 0.3) is 0 Å². The van der Waals surface area contributed by atoms with Crippen molar-refractivity contribution in [1.82, 2.24) is 4.98 Å². The minimum Gasteiger partial charge on any atom is -0.461 e. The molecule has 1 aromatic heterocycles. The Bertz CT molecular complexity index is 580. The lowest BCUT2D eigenvalue weighted by Gasteiger charge is -2.12. The lowest BCUT2D eigenvalue weighted by atomic mass is 10.1. The smallest absolute Gasteiger partial charge is 0.360 e. The maximum atomic E-state index is 11.5. The van der Waals surface area contributed by atoms with E-state index in [1.807, 2.05) is 31.2 Å². The van der Waals surface area contributed by atoms with Crippen molar-refractivity contribution in [3.63, 3.8) is 0 Å². The summed E-state index contributed by atoms with van der Waals surface area (Å²) >= 11 is 3.39. The van der Waals surface area contributed by atoms with E-state index in [2.05, 4.69) is 26.2 Å². The Morgan fingerprint density at radius 3 is 2.80 bits per heavy atom. The van der Waals surface area contributed by atoms with Crippen molar-refractivity contribution in [3.05, 3.63) is 46.3 Å². The second kappa shape index (κ2) is 6.56. The number of ether oxygens (including phenoxy) is 1. The molecular weight excluding hydrogens is 324 g/mol. The summed E-state index contributed by atoms with van der Waals surface area (Å²) in [7, 11) is 0. The number of halogens is 1. The number of aromatic nitrogens is 1. The van der Waals surface area contributed by atoms with Crippen LogP contribution in [-0.4, -0.2) is 17.6 Å². The molecular formula is C14H15BrN2O3. The van der Waals surface area contributed by atoms with Gasteiger partial charge in [0.25, 0.3) is 6.01 Å². The zero-order chi connectivity index (χ0) is 14.5.